The van der Waals surface area contributed by atoms with Crippen molar-refractivity contribution >= 4 is 38.9 Å². The molecule has 0 aliphatic carbocycles. The molecule has 6 nitrogen and oxygen atoms in total. The summed E-state index contributed by atoms with van der Waals surface area (Å²) in [5, 5.41) is 0.403. The maximum atomic E-state index is 12.2. The van der Waals surface area contributed by atoms with E-state index in [1.54, 1.807) is 0 Å². The van der Waals surface area contributed by atoms with Gasteiger partial charge in [0.2, 0.25) is 6.79 Å². The van der Waals surface area contributed by atoms with E-state index in [0.29, 0.717) is 11.5 Å². The third-order valence-electron chi connectivity index (χ3n) is 2.72. The number of halogens is 2. The lowest BCUT2D eigenvalue weighted by Gasteiger charge is -2.10. The fourth-order valence-electron chi connectivity index (χ4n) is 1.72. The Morgan fingerprint density at radius 1 is 1.14 bits per heavy atom. The molecule has 0 saturated heterocycles. The van der Waals surface area contributed by atoms with E-state index in [2.05, 4.69) is 9.71 Å². The number of benzene rings is 1. The topological polar surface area (TPSA) is 77.5 Å². The molecular weight excluding hydrogens is 339 g/mol. The van der Waals surface area contributed by atoms with E-state index < -0.39 is 10.0 Å². The van der Waals surface area contributed by atoms with E-state index in [1.165, 1.54) is 24.3 Å². The molecule has 21 heavy (non-hydrogen) atoms. The molecule has 0 bridgehead atoms. The molecule has 1 aromatic carbocycles. The SMILES string of the molecule is O=S(=O)(Nc1cc2c(cc1Cl)OCO2)c1ccc(Cl)nc1. The minimum atomic E-state index is -3.82. The number of ether oxygens (including phenoxy) is 2. The van der Waals surface area contributed by atoms with Crippen LogP contribution < -0.4 is 14.2 Å². The zero-order valence-electron chi connectivity index (χ0n) is 10.3. The molecule has 1 aliphatic rings. The highest BCUT2D eigenvalue weighted by Gasteiger charge is 2.21. The maximum absolute atomic E-state index is 12.2. The number of hydrogen-bond donors (Lipinski definition) is 1. The highest BCUT2D eigenvalue weighted by atomic mass is 35.5. The van der Waals surface area contributed by atoms with Gasteiger partial charge in [0.15, 0.2) is 11.5 Å². The molecule has 0 amide bonds. The van der Waals surface area contributed by atoms with Gasteiger partial charge >= 0.3 is 0 Å². The van der Waals surface area contributed by atoms with Gasteiger partial charge in [0.25, 0.3) is 10.0 Å². The Labute approximate surface area is 130 Å². The van der Waals surface area contributed by atoms with Crippen molar-refractivity contribution in [1.82, 2.24) is 4.98 Å². The molecule has 0 atom stereocenters. The summed E-state index contributed by atoms with van der Waals surface area (Å²) in [5.41, 5.74) is 0.191. The third-order valence-corrected chi connectivity index (χ3v) is 4.60. The first-order chi connectivity index (χ1) is 9.95. The third kappa shape index (κ3) is 2.85. The molecule has 9 heteroatoms. The van der Waals surface area contributed by atoms with Gasteiger partial charge in [-0.15, -0.1) is 0 Å². The van der Waals surface area contributed by atoms with Crippen LogP contribution in [0.2, 0.25) is 10.2 Å². The predicted molar refractivity (Wildman–Crippen MR) is 77.6 cm³/mol. The Balaban J connectivity index is 1.94. The van der Waals surface area contributed by atoms with Crippen LogP contribution in [0.5, 0.6) is 11.5 Å². The van der Waals surface area contributed by atoms with Gasteiger partial charge in [0, 0.05) is 18.3 Å². The van der Waals surface area contributed by atoms with Gasteiger partial charge in [0.05, 0.1) is 10.7 Å². The van der Waals surface area contributed by atoms with Crippen LogP contribution >= 0.6 is 23.2 Å². The average Bonchev–Trinajstić information content (AvgIpc) is 2.86. The van der Waals surface area contributed by atoms with Crippen molar-refractivity contribution in [2.45, 2.75) is 4.90 Å². The molecule has 0 unspecified atom stereocenters. The summed E-state index contributed by atoms with van der Waals surface area (Å²) < 4.78 is 37.2. The second kappa shape index (κ2) is 5.25. The number of nitrogens with one attached hydrogen (secondary N) is 1. The molecule has 110 valence electrons. The predicted octanol–water partition coefficient (Wildman–Crippen LogP) is 2.92. The van der Waals surface area contributed by atoms with Crippen molar-refractivity contribution < 1.29 is 17.9 Å². The first kappa shape index (κ1) is 14.2. The van der Waals surface area contributed by atoms with Gasteiger partial charge in [-0.05, 0) is 12.1 Å². The normalized spacial score (nSPS) is 13.2. The van der Waals surface area contributed by atoms with E-state index in [0.717, 1.165) is 6.20 Å². The van der Waals surface area contributed by atoms with Crippen molar-refractivity contribution in [3.8, 4) is 11.5 Å². The van der Waals surface area contributed by atoms with Crippen LogP contribution in [0.1, 0.15) is 0 Å². The lowest BCUT2D eigenvalue weighted by atomic mass is 10.3. The van der Waals surface area contributed by atoms with E-state index in [4.69, 9.17) is 32.7 Å². The van der Waals surface area contributed by atoms with Crippen LogP contribution in [-0.4, -0.2) is 20.2 Å². The molecule has 0 radical (unpaired) electrons. The second-order valence-corrected chi connectivity index (χ2v) is 6.58. The molecule has 0 saturated carbocycles. The smallest absolute Gasteiger partial charge is 0.263 e. The zero-order valence-corrected chi connectivity index (χ0v) is 12.7. The van der Waals surface area contributed by atoms with Crippen LogP contribution in [0.4, 0.5) is 5.69 Å². The summed E-state index contributed by atoms with van der Waals surface area (Å²) in [4.78, 5) is 3.71. The minimum absolute atomic E-state index is 0.0272. The highest BCUT2D eigenvalue weighted by Crippen LogP contribution is 2.39. The maximum Gasteiger partial charge on any atom is 0.263 e. The largest absolute Gasteiger partial charge is 0.454 e. The Morgan fingerprint density at radius 2 is 1.86 bits per heavy atom. The summed E-state index contributed by atoms with van der Waals surface area (Å²) >= 11 is 11.7. The fraction of sp³-hybridized carbons (Fsp3) is 0.0833. The van der Waals surface area contributed by atoms with E-state index in [1.807, 2.05) is 0 Å². The highest BCUT2D eigenvalue weighted by molar-refractivity contribution is 7.92. The number of nitrogens with zero attached hydrogens (tertiary/aromatic N) is 1. The van der Waals surface area contributed by atoms with Crippen molar-refractivity contribution in [2.24, 2.45) is 0 Å². The van der Waals surface area contributed by atoms with Crippen LogP contribution in [0.3, 0.4) is 0 Å². The number of fused-ring (bicyclic) bond motifs is 1. The Morgan fingerprint density at radius 3 is 2.52 bits per heavy atom. The second-order valence-electron chi connectivity index (χ2n) is 4.11. The first-order valence-electron chi connectivity index (χ1n) is 5.69. The van der Waals surface area contributed by atoms with Crippen LogP contribution in [-0.2, 0) is 10.0 Å². The first-order valence-corrected chi connectivity index (χ1v) is 7.93. The number of rotatable bonds is 3. The molecule has 1 aromatic heterocycles. The van der Waals surface area contributed by atoms with Gasteiger partial charge in [-0.25, -0.2) is 13.4 Å². The zero-order chi connectivity index (χ0) is 15.0. The summed E-state index contributed by atoms with van der Waals surface area (Å²) in [6.07, 6.45) is 1.16. The molecule has 0 spiro atoms. The summed E-state index contributed by atoms with van der Waals surface area (Å²) in [5.74, 6) is 0.891. The summed E-state index contributed by atoms with van der Waals surface area (Å²) in [6, 6.07) is 5.68. The van der Waals surface area contributed by atoms with Crippen LogP contribution in [0.25, 0.3) is 0 Å². The van der Waals surface area contributed by atoms with Gasteiger partial charge in [-0.3, -0.25) is 4.72 Å². The van der Waals surface area contributed by atoms with Crippen molar-refractivity contribution in [1.29, 1.82) is 0 Å². The number of hydrogen-bond acceptors (Lipinski definition) is 5. The van der Waals surface area contributed by atoms with E-state index >= 15 is 0 Å². The molecule has 3 rings (SSSR count). The number of anilines is 1. The molecular formula is C12H8Cl2N2O4S. The number of aromatic nitrogens is 1. The quantitative estimate of drug-likeness (QED) is 0.864. The molecule has 0 fully saturated rings. The van der Waals surface area contributed by atoms with Gasteiger partial charge < -0.3 is 9.47 Å². The van der Waals surface area contributed by atoms with Crippen molar-refractivity contribution in [2.75, 3.05) is 11.5 Å². The van der Waals surface area contributed by atoms with Crippen molar-refractivity contribution in [3.63, 3.8) is 0 Å². The summed E-state index contributed by atoms with van der Waals surface area (Å²) in [7, 11) is -3.82. The van der Waals surface area contributed by atoms with Gasteiger partial charge in [0.1, 0.15) is 10.0 Å². The van der Waals surface area contributed by atoms with E-state index in [9.17, 15) is 8.42 Å². The minimum Gasteiger partial charge on any atom is -0.454 e. The van der Waals surface area contributed by atoms with Crippen LogP contribution in [0.15, 0.2) is 35.4 Å². The monoisotopic (exact) mass is 346 g/mol. The van der Waals surface area contributed by atoms with Crippen molar-refractivity contribution in [3.05, 3.63) is 40.6 Å². The Kier molecular flexibility index (Phi) is 3.56. The lowest BCUT2D eigenvalue weighted by Crippen LogP contribution is -2.13. The lowest BCUT2D eigenvalue weighted by molar-refractivity contribution is 0.174. The van der Waals surface area contributed by atoms with Gasteiger partial charge in [-0.2, -0.15) is 0 Å². The number of pyridine rings is 1. The number of sulfonamides is 1. The van der Waals surface area contributed by atoms with E-state index in [-0.39, 0.29) is 27.6 Å². The van der Waals surface area contributed by atoms with Gasteiger partial charge in [-0.1, -0.05) is 23.2 Å². The molecule has 1 N–H and O–H groups in total. The fourth-order valence-corrected chi connectivity index (χ4v) is 3.10. The molecule has 2 aromatic rings. The Hall–Kier alpha value is -1.70. The van der Waals surface area contributed by atoms with Crippen LogP contribution in [0, 0.1) is 0 Å². The average molecular weight is 347 g/mol. The molecule has 1 aliphatic heterocycles. The standard InChI is InChI=1S/C12H8Cl2N2O4S/c13-8-3-10-11(20-6-19-10)4-9(8)16-21(17,18)7-1-2-12(14)15-5-7/h1-5,16H,6H2. The summed E-state index contributed by atoms with van der Waals surface area (Å²) in [6.45, 7) is 0.0724. The Bertz CT molecular complexity index is 794. The molecule has 2 heterocycles.